The minimum Gasteiger partial charge on any atom is -0.337 e. The molecule has 1 amide bonds. The molecule has 3 nitrogen and oxygen atoms in total. The lowest BCUT2D eigenvalue weighted by Gasteiger charge is -2.37. The van der Waals surface area contributed by atoms with Gasteiger partial charge in [-0.3, -0.25) is 9.69 Å². The highest BCUT2D eigenvalue weighted by atomic mass is 32.1. The molecule has 0 saturated carbocycles. The van der Waals surface area contributed by atoms with Crippen LogP contribution in [0.3, 0.4) is 0 Å². The SMILES string of the molecule is O=C1CC(S)CN1[C@@H]1CCCN(Cc2ccccc2)C1. The van der Waals surface area contributed by atoms with Gasteiger partial charge in [0.1, 0.15) is 0 Å². The van der Waals surface area contributed by atoms with Crippen LogP contribution in [-0.2, 0) is 11.3 Å². The van der Waals surface area contributed by atoms with Crippen molar-refractivity contribution in [2.45, 2.75) is 37.1 Å². The molecule has 2 fully saturated rings. The molecule has 2 heterocycles. The van der Waals surface area contributed by atoms with Gasteiger partial charge in [-0.25, -0.2) is 0 Å². The molecule has 108 valence electrons. The van der Waals surface area contributed by atoms with E-state index in [1.54, 1.807) is 0 Å². The van der Waals surface area contributed by atoms with Crippen molar-refractivity contribution in [2.75, 3.05) is 19.6 Å². The number of hydrogen-bond donors (Lipinski definition) is 1. The highest BCUT2D eigenvalue weighted by Crippen LogP contribution is 2.24. The van der Waals surface area contributed by atoms with Gasteiger partial charge in [-0.2, -0.15) is 12.6 Å². The first kappa shape index (κ1) is 14.0. The lowest BCUT2D eigenvalue weighted by molar-refractivity contribution is -0.130. The summed E-state index contributed by atoms with van der Waals surface area (Å²) in [5, 5.41) is 0.229. The smallest absolute Gasteiger partial charge is 0.224 e. The Hall–Kier alpha value is -1.00. The van der Waals surface area contributed by atoms with Gasteiger partial charge in [0.25, 0.3) is 0 Å². The van der Waals surface area contributed by atoms with Crippen molar-refractivity contribution in [1.29, 1.82) is 0 Å². The Labute approximate surface area is 126 Å². The van der Waals surface area contributed by atoms with Gasteiger partial charge < -0.3 is 4.90 Å². The number of benzene rings is 1. The molecule has 0 N–H and O–H groups in total. The number of amides is 1. The maximum Gasteiger partial charge on any atom is 0.224 e. The van der Waals surface area contributed by atoms with E-state index in [0.717, 1.165) is 32.6 Å². The number of carbonyl (C=O) groups excluding carboxylic acids is 1. The van der Waals surface area contributed by atoms with Gasteiger partial charge in [-0.05, 0) is 24.9 Å². The van der Waals surface area contributed by atoms with Crippen LogP contribution in [0.15, 0.2) is 30.3 Å². The van der Waals surface area contributed by atoms with E-state index in [0.29, 0.717) is 12.5 Å². The van der Waals surface area contributed by atoms with Crippen LogP contribution in [0.4, 0.5) is 0 Å². The van der Waals surface area contributed by atoms with E-state index in [1.807, 2.05) is 0 Å². The van der Waals surface area contributed by atoms with Crippen molar-refractivity contribution < 1.29 is 4.79 Å². The standard InChI is InChI=1S/C16H22N2OS/c19-16-9-15(20)12-18(16)14-7-4-8-17(11-14)10-13-5-2-1-3-6-13/h1-3,5-6,14-15,20H,4,7-12H2/t14-,15?/m1/s1. The molecular weight excluding hydrogens is 268 g/mol. The topological polar surface area (TPSA) is 23.6 Å². The van der Waals surface area contributed by atoms with E-state index in [-0.39, 0.29) is 11.2 Å². The van der Waals surface area contributed by atoms with Crippen molar-refractivity contribution in [2.24, 2.45) is 0 Å². The fourth-order valence-corrected chi connectivity index (χ4v) is 3.67. The number of thiol groups is 1. The summed E-state index contributed by atoms with van der Waals surface area (Å²) in [7, 11) is 0. The molecule has 2 atom stereocenters. The van der Waals surface area contributed by atoms with Crippen LogP contribution >= 0.6 is 12.6 Å². The molecule has 3 rings (SSSR count). The number of nitrogens with zero attached hydrogens (tertiary/aromatic N) is 2. The zero-order valence-corrected chi connectivity index (χ0v) is 12.6. The van der Waals surface area contributed by atoms with Gasteiger partial charge in [-0.15, -0.1) is 0 Å². The summed E-state index contributed by atoms with van der Waals surface area (Å²) in [6, 6.07) is 11.0. The van der Waals surface area contributed by atoms with E-state index in [1.165, 1.54) is 12.0 Å². The van der Waals surface area contributed by atoms with E-state index in [2.05, 4.69) is 52.8 Å². The predicted molar refractivity (Wildman–Crippen MR) is 83.8 cm³/mol. The average Bonchev–Trinajstić information content (AvgIpc) is 2.79. The molecule has 20 heavy (non-hydrogen) atoms. The first-order chi connectivity index (χ1) is 9.72. The Morgan fingerprint density at radius 2 is 2.00 bits per heavy atom. The second kappa shape index (κ2) is 6.19. The van der Waals surface area contributed by atoms with Gasteiger partial charge in [0.2, 0.25) is 5.91 Å². The maximum atomic E-state index is 12.0. The molecule has 0 aromatic heterocycles. The Bertz CT molecular complexity index is 465. The molecule has 1 aromatic rings. The summed E-state index contributed by atoms with van der Waals surface area (Å²) < 4.78 is 0. The second-order valence-corrected chi connectivity index (χ2v) is 6.65. The van der Waals surface area contributed by atoms with Crippen LogP contribution < -0.4 is 0 Å². The molecule has 0 aliphatic carbocycles. The van der Waals surface area contributed by atoms with Crippen LogP contribution in [0.25, 0.3) is 0 Å². The Morgan fingerprint density at radius 3 is 2.70 bits per heavy atom. The third-order valence-corrected chi connectivity index (χ3v) is 4.65. The van der Waals surface area contributed by atoms with Crippen molar-refractivity contribution in [3.8, 4) is 0 Å². The average molecular weight is 290 g/mol. The van der Waals surface area contributed by atoms with Crippen LogP contribution in [0.5, 0.6) is 0 Å². The summed E-state index contributed by atoms with van der Waals surface area (Å²) >= 11 is 4.46. The minimum atomic E-state index is 0.229. The first-order valence-corrected chi connectivity index (χ1v) is 7.98. The molecule has 2 aliphatic rings. The van der Waals surface area contributed by atoms with E-state index in [9.17, 15) is 4.79 Å². The highest BCUT2D eigenvalue weighted by Gasteiger charge is 2.34. The predicted octanol–water partition coefficient (Wildman–Crippen LogP) is 2.18. The van der Waals surface area contributed by atoms with Crippen LogP contribution in [0.2, 0.25) is 0 Å². The van der Waals surface area contributed by atoms with Crippen molar-refractivity contribution >= 4 is 18.5 Å². The van der Waals surface area contributed by atoms with Crippen molar-refractivity contribution in [3.63, 3.8) is 0 Å². The van der Waals surface area contributed by atoms with E-state index in [4.69, 9.17) is 0 Å². The second-order valence-electron chi connectivity index (χ2n) is 5.92. The number of hydrogen-bond acceptors (Lipinski definition) is 3. The number of piperidine rings is 1. The molecule has 2 saturated heterocycles. The van der Waals surface area contributed by atoms with Gasteiger partial charge in [0, 0.05) is 37.3 Å². The van der Waals surface area contributed by atoms with Crippen molar-refractivity contribution in [3.05, 3.63) is 35.9 Å². The highest BCUT2D eigenvalue weighted by molar-refractivity contribution is 7.81. The third kappa shape index (κ3) is 3.18. The monoisotopic (exact) mass is 290 g/mol. The summed E-state index contributed by atoms with van der Waals surface area (Å²) in [6.45, 7) is 3.95. The number of rotatable bonds is 3. The van der Waals surface area contributed by atoms with E-state index >= 15 is 0 Å². The first-order valence-electron chi connectivity index (χ1n) is 7.46. The molecule has 0 spiro atoms. The molecule has 1 unspecified atom stereocenters. The quantitative estimate of drug-likeness (QED) is 0.863. The molecule has 4 heteroatoms. The lowest BCUT2D eigenvalue weighted by Crippen LogP contribution is -2.48. The summed E-state index contributed by atoms with van der Waals surface area (Å²) in [6.07, 6.45) is 2.92. The van der Waals surface area contributed by atoms with Gasteiger partial charge in [0.05, 0.1) is 0 Å². The van der Waals surface area contributed by atoms with Crippen molar-refractivity contribution in [1.82, 2.24) is 9.80 Å². The zero-order valence-electron chi connectivity index (χ0n) is 11.7. The molecule has 0 bridgehead atoms. The molecule has 2 aliphatic heterocycles. The normalized spacial score (nSPS) is 28.1. The molecule has 0 radical (unpaired) electrons. The van der Waals surface area contributed by atoms with Gasteiger partial charge >= 0.3 is 0 Å². The van der Waals surface area contributed by atoms with Crippen LogP contribution in [0.1, 0.15) is 24.8 Å². The minimum absolute atomic E-state index is 0.229. The fraction of sp³-hybridized carbons (Fsp3) is 0.562. The Kier molecular flexibility index (Phi) is 4.32. The van der Waals surface area contributed by atoms with E-state index < -0.39 is 0 Å². The lowest BCUT2D eigenvalue weighted by atomic mass is 10.0. The zero-order chi connectivity index (χ0) is 13.9. The summed E-state index contributed by atoms with van der Waals surface area (Å²) in [4.78, 5) is 16.5. The van der Waals surface area contributed by atoms with Crippen LogP contribution in [-0.4, -0.2) is 46.6 Å². The third-order valence-electron chi connectivity index (χ3n) is 4.31. The largest absolute Gasteiger partial charge is 0.337 e. The summed E-state index contributed by atoms with van der Waals surface area (Å²) in [5.74, 6) is 0.288. The maximum absolute atomic E-state index is 12.0. The Balaban J connectivity index is 1.61. The van der Waals surface area contributed by atoms with Crippen LogP contribution in [0, 0.1) is 0 Å². The molecule has 1 aromatic carbocycles. The Morgan fingerprint density at radius 1 is 1.20 bits per heavy atom. The fourth-order valence-electron chi connectivity index (χ4n) is 3.34. The number of carbonyl (C=O) groups is 1. The number of likely N-dealkylation sites (tertiary alicyclic amines) is 2. The van der Waals surface area contributed by atoms with Gasteiger partial charge in [-0.1, -0.05) is 30.3 Å². The van der Waals surface area contributed by atoms with Gasteiger partial charge in [0.15, 0.2) is 0 Å². The molecular formula is C16H22N2OS. The summed E-state index contributed by atoms with van der Waals surface area (Å²) in [5.41, 5.74) is 1.35.